The maximum Gasteiger partial charge on any atom is 0.255 e. The lowest BCUT2D eigenvalue weighted by Gasteiger charge is -2.17. The Bertz CT molecular complexity index is 637. The van der Waals surface area contributed by atoms with Crippen LogP contribution in [0.15, 0.2) is 30.7 Å². The van der Waals surface area contributed by atoms with Gasteiger partial charge in [0.05, 0.1) is 29.0 Å². The van der Waals surface area contributed by atoms with Gasteiger partial charge in [0.15, 0.2) is 11.6 Å². The second kappa shape index (κ2) is 5.92. The summed E-state index contributed by atoms with van der Waals surface area (Å²) in [4.78, 5) is 21.3. The van der Waals surface area contributed by atoms with Gasteiger partial charge in [-0.1, -0.05) is 11.6 Å². The molecular weight excluding hydrogens is 288 g/mol. The van der Waals surface area contributed by atoms with Crippen molar-refractivity contribution in [2.75, 3.05) is 7.05 Å². The van der Waals surface area contributed by atoms with Crippen molar-refractivity contribution in [1.29, 1.82) is 0 Å². The predicted molar refractivity (Wildman–Crippen MR) is 69.2 cm³/mol. The SMILES string of the molecule is CN(Cc1cnccn1)C(=O)c1cc(F)c(F)cc1Cl. The quantitative estimate of drug-likeness (QED) is 0.818. The number of nitrogens with zero attached hydrogens (tertiary/aromatic N) is 3. The molecule has 0 aliphatic rings. The van der Waals surface area contributed by atoms with E-state index in [2.05, 4.69) is 9.97 Å². The highest BCUT2D eigenvalue weighted by atomic mass is 35.5. The molecule has 1 amide bonds. The highest BCUT2D eigenvalue weighted by Gasteiger charge is 2.18. The molecule has 0 unspecified atom stereocenters. The molecule has 0 atom stereocenters. The van der Waals surface area contributed by atoms with E-state index >= 15 is 0 Å². The van der Waals surface area contributed by atoms with Crippen LogP contribution in [0.5, 0.6) is 0 Å². The Labute approximate surface area is 119 Å². The lowest BCUT2D eigenvalue weighted by molar-refractivity contribution is 0.0783. The molecule has 0 fully saturated rings. The number of benzene rings is 1. The maximum absolute atomic E-state index is 13.2. The van der Waals surface area contributed by atoms with Crippen molar-refractivity contribution in [1.82, 2.24) is 14.9 Å². The van der Waals surface area contributed by atoms with Gasteiger partial charge in [0.2, 0.25) is 0 Å². The zero-order valence-corrected chi connectivity index (χ0v) is 11.2. The van der Waals surface area contributed by atoms with Crippen molar-refractivity contribution in [3.63, 3.8) is 0 Å². The summed E-state index contributed by atoms with van der Waals surface area (Å²) in [5.41, 5.74) is 0.471. The lowest BCUT2D eigenvalue weighted by atomic mass is 10.2. The van der Waals surface area contributed by atoms with Gasteiger partial charge in [0.25, 0.3) is 5.91 Å². The molecule has 104 valence electrons. The van der Waals surface area contributed by atoms with E-state index in [4.69, 9.17) is 11.6 Å². The first-order valence-corrected chi connectivity index (χ1v) is 6.01. The first-order valence-electron chi connectivity index (χ1n) is 5.64. The second-order valence-electron chi connectivity index (χ2n) is 4.10. The van der Waals surface area contributed by atoms with Crippen molar-refractivity contribution in [3.05, 3.63) is 58.6 Å². The molecule has 0 radical (unpaired) electrons. The number of carbonyl (C=O) groups is 1. The molecule has 20 heavy (non-hydrogen) atoms. The molecule has 0 saturated heterocycles. The average molecular weight is 298 g/mol. The summed E-state index contributed by atoms with van der Waals surface area (Å²) in [5.74, 6) is -2.74. The van der Waals surface area contributed by atoms with Crippen LogP contribution in [0.4, 0.5) is 8.78 Å². The maximum atomic E-state index is 13.2. The van der Waals surface area contributed by atoms with Crippen molar-refractivity contribution < 1.29 is 13.6 Å². The minimum atomic E-state index is -1.12. The minimum absolute atomic E-state index is 0.100. The minimum Gasteiger partial charge on any atom is -0.336 e. The Morgan fingerprint density at radius 2 is 2.00 bits per heavy atom. The molecule has 4 nitrogen and oxygen atoms in total. The van der Waals surface area contributed by atoms with Crippen LogP contribution in [-0.2, 0) is 6.54 Å². The van der Waals surface area contributed by atoms with Crippen LogP contribution in [0.3, 0.4) is 0 Å². The summed E-state index contributed by atoms with van der Waals surface area (Å²) in [6, 6.07) is 1.56. The van der Waals surface area contributed by atoms with Crippen LogP contribution in [-0.4, -0.2) is 27.8 Å². The van der Waals surface area contributed by atoms with Crippen molar-refractivity contribution in [2.24, 2.45) is 0 Å². The Morgan fingerprint density at radius 3 is 2.65 bits per heavy atom. The Hall–Kier alpha value is -2.08. The smallest absolute Gasteiger partial charge is 0.255 e. The predicted octanol–water partition coefficient (Wildman–Crippen LogP) is 2.68. The van der Waals surface area contributed by atoms with E-state index in [-0.39, 0.29) is 17.1 Å². The van der Waals surface area contributed by atoms with Gasteiger partial charge in [-0.2, -0.15) is 0 Å². The number of rotatable bonds is 3. The first-order chi connectivity index (χ1) is 9.49. The largest absolute Gasteiger partial charge is 0.336 e. The first kappa shape index (κ1) is 14.3. The molecule has 0 saturated carbocycles. The molecule has 1 heterocycles. The summed E-state index contributed by atoms with van der Waals surface area (Å²) in [6.07, 6.45) is 4.52. The normalized spacial score (nSPS) is 10.4. The molecule has 0 bridgehead atoms. The Morgan fingerprint density at radius 1 is 1.30 bits per heavy atom. The van der Waals surface area contributed by atoms with Gasteiger partial charge in [-0.25, -0.2) is 8.78 Å². The molecule has 1 aromatic heterocycles. The Kier molecular flexibility index (Phi) is 4.24. The molecule has 2 aromatic rings. The van der Waals surface area contributed by atoms with Gasteiger partial charge in [-0.15, -0.1) is 0 Å². The highest BCUT2D eigenvalue weighted by molar-refractivity contribution is 6.33. The molecule has 0 N–H and O–H groups in total. The average Bonchev–Trinajstić information content (AvgIpc) is 2.43. The zero-order valence-electron chi connectivity index (χ0n) is 10.5. The van der Waals surface area contributed by atoms with E-state index in [0.29, 0.717) is 5.69 Å². The van der Waals surface area contributed by atoms with Gasteiger partial charge in [-0.3, -0.25) is 14.8 Å². The molecule has 0 aliphatic heterocycles. The van der Waals surface area contributed by atoms with E-state index in [1.807, 2.05) is 0 Å². The van der Waals surface area contributed by atoms with Crippen LogP contribution in [0.25, 0.3) is 0 Å². The molecule has 2 rings (SSSR count). The molecule has 7 heteroatoms. The van der Waals surface area contributed by atoms with E-state index in [1.165, 1.54) is 30.5 Å². The summed E-state index contributed by atoms with van der Waals surface area (Å²) in [7, 11) is 1.51. The number of halogens is 3. The van der Waals surface area contributed by atoms with Gasteiger partial charge in [0.1, 0.15) is 0 Å². The molecule has 0 spiro atoms. The number of carbonyl (C=O) groups excluding carboxylic acids is 1. The summed E-state index contributed by atoms with van der Waals surface area (Å²) in [6.45, 7) is 0.183. The van der Waals surface area contributed by atoms with Gasteiger partial charge >= 0.3 is 0 Å². The fourth-order valence-corrected chi connectivity index (χ4v) is 1.85. The summed E-state index contributed by atoms with van der Waals surface area (Å²) in [5, 5.41) is -0.139. The third kappa shape index (κ3) is 3.08. The van der Waals surface area contributed by atoms with Gasteiger partial charge in [-0.05, 0) is 12.1 Å². The fourth-order valence-electron chi connectivity index (χ4n) is 1.62. The van der Waals surface area contributed by atoms with Gasteiger partial charge in [0, 0.05) is 19.4 Å². The highest BCUT2D eigenvalue weighted by Crippen LogP contribution is 2.21. The van der Waals surface area contributed by atoms with E-state index in [1.54, 1.807) is 0 Å². The molecule has 1 aromatic carbocycles. The van der Waals surface area contributed by atoms with E-state index < -0.39 is 17.5 Å². The summed E-state index contributed by atoms with van der Waals surface area (Å²) >= 11 is 5.76. The number of hydrogen-bond donors (Lipinski definition) is 0. The Balaban J connectivity index is 2.21. The van der Waals surface area contributed by atoms with Crippen molar-refractivity contribution in [2.45, 2.75) is 6.54 Å². The third-order valence-corrected chi connectivity index (χ3v) is 2.92. The van der Waals surface area contributed by atoms with Crippen LogP contribution in [0.2, 0.25) is 5.02 Å². The van der Waals surface area contributed by atoms with E-state index in [0.717, 1.165) is 12.1 Å². The molecule has 0 aliphatic carbocycles. The van der Waals surface area contributed by atoms with Crippen LogP contribution in [0.1, 0.15) is 16.1 Å². The summed E-state index contributed by atoms with van der Waals surface area (Å²) < 4.78 is 26.2. The van der Waals surface area contributed by atoms with Gasteiger partial charge < -0.3 is 4.90 Å². The van der Waals surface area contributed by atoms with Crippen LogP contribution in [0, 0.1) is 11.6 Å². The zero-order chi connectivity index (χ0) is 14.7. The monoisotopic (exact) mass is 297 g/mol. The standard InChI is InChI=1S/C13H10ClF2N3O/c1-19(7-8-6-17-2-3-18-8)13(20)9-4-11(15)12(16)5-10(9)14/h2-6H,7H2,1H3. The van der Waals surface area contributed by atoms with Crippen molar-refractivity contribution in [3.8, 4) is 0 Å². The third-order valence-electron chi connectivity index (χ3n) is 2.60. The lowest BCUT2D eigenvalue weighted by Crippen LogP contribution is -2.27. The molecular formula is C13H10ClF2N3O. The van der Waals surface area contributed by atoms with Crippen molar-refractivity contribution >= 4 is 17.5 Å². The van der Waals surface area contributed by atoms with Crippen LogP contribution >= 0.6 is 11.6 Å². The number of aromatic nitrogens is 2. The number of amides is 1. The fraction of sp³-hybridized carbons (Fsp3) is 0.154. The topological polar surface area (TPSA) is 46.1 Å². The number of hydrogen-bond acceptors (Lipinski definition) is 3. The van der Waals surface area contributed by atoms with Crippen LogP contribution < -0.4 is 0 Å². The second-order valence-corrected chi connectivity index (χ2v) is 4.51. The van der Waals surface area contributed by atoms with E-state index in [9.17, 15) is 13.6 Å².